The first-order valence-corrected chi connectivity index (χ1v) is 11.3. The fourth-order valence-corrected chi connectivity index (χ4v) is 3.72. The lowest BCUT2D eigenvalue weighted by Crippen LogP contribution is -2.22. The van der Waals surface area contributed by atoms with Crippen molar-refractivity contribution in [1.29, 1.82) is 0 Å². The molecule has 0 spiro atoms. The molecule has 3 aromatic carbocycles. The minimum atomic E-state index is -0.150. The molecule has 7 heteroatoms. The van der Waals surface area contributed by atoms with E-state index in [9.17, 15) is 4.79 Å². The molecule has 1 heterocycles. The molecule has 6 nitrogen and oxygen atoms in total. The Bertz CT molecular complexity index is 1250. The Balaban J connectivity index is 1.48. The second kappa shape index (κ2) is 10.4. The lowest BCUT2D eigenvalue weighted by molar-refractivity contribution is 0.0951. The first-order chi connectivity index (χ1) is 16.1. The van der Waals surface area contributed by atoms with Gasteiger partial charge >= 0.3 is 0 Å². The van der Waals surface area contributed by atoms with Gasteiger partial charge in [-0.05, 0) is 61.4 Å². The standard InChI is InChI=1S/C26H26ClN3O3/c1-3-32-24-12-7-19(13-25(24)33-4-2)15-28-26(31)20-8-9-21-16-29-30(23(21)14-20)17-18-5-10-22(27)11-6-18/h5-14,16H,3-4,15,17H2,1-2H3,(H,28,31). The van der Waals surface area contributed by atoms with E-state index in [-0.39, 0.29) is 5.91 Å². The maximum Gasteiger partial charge on any atom is 0.251 e. The van der Waals surface area contributed by atoms with E-state index in [2.05, 4.69) is 10.4 Å². The number of nitrogens with zero attached hydrogens (tertiary/aromatic N) is 2. The molecule has 0 atom stereocenters. The van der Waals surface area contributed by atoms with Gasteiger partial charge in [-0.15, -0.1) is 0 Å². The van der Waals surface area contributed by atoms with E-state index in [0.717, 1.165) is 22.0 Å². The molecular formula is C26H26ClN3O3. The maximum absolute atomic E-state index is 12.9. The summed E-state index contributed by atoms with van der Waals surface area (Å²) in [5.41, 5.74) is 3.50. The molecular weight excluding hydrogens is 438 g/mol. The highest BCUT2D eigenvalue weighted by Gasteiger charge is 2.11. The normalized spacial score (nSPS) is 10.9. The average Bonchev–Trinajstić information content (AvgIpc) is 3.22. The third kappa shape index (κ3) is 5.46. The minimum Gasteiger partial charge on any atom is -0.490 e. The van der Waals surface area contributed by atoms with Gasteiger partial charge in [0.25, 0.3) is 5.91 Å². The van der Waals surface area contributed by atoms with E-state index in [1.54, 1.807) is 0 Å². The summed E-state index contributed by atoms with van der Waals surface area (Å²) >= 11 is 5.98. The van der Waals surface area contributed by atoms with Gasteiger partial charge in [-0.1, -0.05) is 35.9 Å². The van der Waals surface area contributed by atoms with E-state index in [4.69, 9.17) is 21.1 Å². The van der Waals surface area contributed by atoms with Gasteiger partial charge in [0.15, 0.2) is 11.5 Å². The highest BCUT2D eigenvalue weighted by molar-refractivity contribution is 6.30. The molecule has 0 radical (unpaired) electrons. The van der Waals surface area contributed by atoms with E-state index in [1.807, 2.05) is 85.4 Å². The first kappa shape index (κ1) is 22.7. The van der Waals surface area contributed by atoms with Crippen LogP contribution in [-0.2, 0) is 13.1 Å². The second-order valence-corrected chi connectivity index (χ2v) is 7.97. The molecule has 0 fully saturated rings. The number of rotatable bonds is 9. The topological polar surface area (TPSA) is 65.4 Å². The summed E-state index contributed by atoms with van der Waals surface area (Å²) < 4.78 is 13.2. The van der Waals surface area contributed by atoms with E-state index < -0.39 is 0 Å². The van der Waals surface area contributed by atoms with Crippen LogP contribution in [0.3, 0.4) is 0 Å². The molecule has 0 unspecified atom stereocenters. The Morgan fingerprint density at radius 3 is 2.42 bits per heavy atom. The van der Waals surface area contributed by atoms with Crippen LogP contribution in [-0.4, -0.2) is 28.9 Å². The van der Waals surface area contributed by atoms with Crippen molar-refractivity contribution in [3.8, 4) is 11.5 Å². The minimum absolute atomic E-state index is 0.150. The van der Waals surface area contributed by atoms with Crippen LogP contribution in [0, 0.1) is 0 Å². The van der Waals surface area contributed by atoms with E-state index >= 15 is 0 Å². The van der Waals surface area contributed by atoms with Gasteiger partial charge in [-0.2, -0.15) is 5.10 Å². The van der Waals surface area contributed by atoms with Crippen molar-refractivity contribution in [2.75, 3.05) is 13.2 Å². The summed E-state index contributed by atoms with van der Waals surface area (Å²) in [7, 11) is 0. The van der Waals surface area contributed by atoms with Gasteiger partial charge in [0.1, 0.15) is 0 Å². The summed E-state index contributed by atoms with van der Waals surface area (Å²) in [6.07, 6.45) is 1.81. The van der Waals surface area contributed by atoms with Crippen molar-refractivity contribution >= 4 is 28.4 Å². The summed E-state index contributed by atoms with van der Waals surface area (Å²) in [5.74, 6) is 1.23. The van der Waals surface area contributed by atoms with Crippen LogP contribution >= 0.6 is 11.6 Å². The van der Waals surface area contributed by atoms with Crippen molar-refractivity contribution in [3.05, 3.63) is 88.6 Å². The molecule has 33 heavy (non-hydrogen) atoms. The Morgan fingerprint density at radius 2 is 1.67 bits per heavy atom. The van der Waals surface area contributed by atoms with Gasteiger partial charge in [-0.3, -0.25) is 9.48 Å². The van der Waals surface area contributed by atoms with Gasteiger partial charge in [0, 0.05) is 22.5 Å². The summed E-state index contributed by atoms with van der Waals surface area (Å²) in [6.45, 7) is 5.94. The number of nitrogens with one attached hydrogen (secondary N) is 1. The molecule has 0 aliphatic rings. The zero-order chi connectivity index (χ0) is 23.2. The molecule has 0 saturated carbocycles. The fraction of sp³-hybridized carbons (Fsp3) is 0.231. The molecule has 170 valence electrons. The molecule has 0 aliphatic carbocycles. The lowest BCUT2D eigenvalue weighted by Gasteiger charge is -2.13. The first-order valence-electron chi connectivity index (χ1n) is 10.9. The molecule has 1 amide bonds. The van der Waals surface area contributed by atoms with Crippen LogP contribution < -0.4 is 14.8 Å². The quantitative estimate of drug-likeness (QED) is 0.357. The van der Waals surface area contributed by atoms with Gasteiger partial charge in [0.05, 0.1) is 31.5 Å². The lowest BCUT2D eigenvalue weighted by atomic mass is 10.1. The third-order valence-corrected chi connectivity index (χ3v) is 5.47. The van der Waals surface area contributed by atoms with Gasteiger partial charge in [0.2, 0.25) is 0 Å². The van der Waals surface area contributed by atoms with E-state index in [1.165, 1.54) is 0 Å². The number of ether oxygens (including phenoxy) is 2. The van der Waals surface area contributed by atoms with Crippen molar-refractivity contribution in [2.45, 2.75) is 26.9 Å². The largest absolute Gasteiger partial charge is 0.490 e. The average molecular weight is 464 g/mol. The summed E-state index contributed by atoms with van der Waals surface area (Å²) in [5, 5.41) is 9.15. The zero-order valence-electron chi connectivity index (χ0n) is 18.7. The molecule has 1 aromatic heterocycles. The number of hydrogen-bond acceptors (Lipinski definition) is 4. The molecule has 1 N–H and O–H groups in total. The van der Waals surface area contributed by atoms with Crippen molar-refractivity contribution in [3.63, 3.8) is 0 Å². The number of carbonyl (C=O) groups excluding carboxylic acids is 1. The Hall–Kier alpha value is -3.51. The van der Waals surface area contributed by atoms with Crippen molar-refractivity contribution < 1.29 is 14.3 Å². The van der Waals surface area contributed by atoms with Crippen molar-refractivity contribution in [2.24, 2.45) is 0 Å². The monoisotopic (exact) mass is 463 g/mol. The van der Waals surface area contributed by atoms with E-state index in [0.29, 0.717) is 48.4 Å². The third-order valence-electron chi connectivity index (χ3n) is 5.21. The Labute approximate surface area is 198 Å². The van der Waals surface area contributed by atoms with Gasteiger partial charge in [-0.25, -0.2) is 0 Å². The molecule has 0 bridgehead atoms. The predicted molar refractivity (Wildman–Crippen MR) is 130 cm³/mol. The number of carbonyl (C=O) groups is 1. The maximum atomic E-state index is 12.9. The number of halogens is 1. The number of benzene rings is 3. The molecule has 4 aromatic rings. The number of aromatic nitrogens is 2. The number of fused-ring (bicyclic) bond motifs is 1. The van der Waals surface area contributed by atoms with Crippen LogP contribution in [0.15, 0.2) is 66.9 Å². The summed E-state index contributed by atoms with van der Waals surface area (Å²) in [6, 6.07) is 19.0. The Kier molecular flexibility index (Phi) is 7.15. The molecule has 0 aliphatic heterocycles. The smallest absolute Gasteiger partial charge is 0.251 e. The highest BCUT2D eigenvalue weighted by atomic mass is 35.5. The summed E-state index contributed by atoms with van der Waals surface area (Å²) in [4.78, 5) is 12.9. The highest BCUT2D eigenvalue weighted by Crippen LogP contribution is 2.28. The fourth-order valence-electron chi connectivity index (χ4n) is 3.59. The van der Waals surface area contributed by atoms with Crippen molar-refractivity contribution in [1.82, 2.24) is 15.1 Å². The Morgan fingerprint density at radius 1 is 0.939 bits per heavy atom. The molecule has 0 saturated heterocycles. The van der Waals surface area contributed by atoms with Crippen LogP contribution in [0.5, 0.6) is 11.5 Å². The number of amides is 1. The van der Waals surface area contributed by atoms with Crippen LogP contribution in [0.2, 0.25) is 5.02 Å². The van der Waals surface area contributed by atoms with Crippen LogP contribution in [0.4, 0.5) is 0 Å². The SMILES string of the molecule is CCOc1ccc(CNC(=O)c2ccc3cnn(Cc4ccc(Cl)cc4)c3c2)cc1OCC. The molecule has 4 rings (SSSR count). The number of hydrogen-bond donors (Lipinski definition) is 1. The predicted octanol–water partition coefficient (Wildman–Crippen LogP) is 5.47. The second-order valence-electron chi connectivity index (χ2n) is 7.53. The van der Waals surface area contributed by atoms with Crippen LogP contribution in [0.1, 0.15) is 35.3 Å². The van der Waals surface area contributed by atoms with Gasteiger partial charge < -0.3 is 14.8 Å². The van der Waals surface area contributed by atoms with Crippen LogP contribution in [0.25, 0.3) is 10.9 Å². The zero-order valence-corrected chi connectivity index (χ0v) is 19.4.